The molecule has 0 aliphatic carbocycles. The zero-order valence-electron chi connectivity index (χ0n) is 11.9. The van der Waals surface area contributed by atoms with Crippen LogP contribution in [0, 0.1) is 0 Å². The van der Waals surface area contributed by atoms with Crippen molar-refractivity contribution in [2.24, 2.45) is 0 Å². The van der Waals surface area contributed by atoms with Crippen LogP contribution in [0.4, 0.5) is 0 Å². The van der Waals surface area contributed by atoms with Crippen LogP contribution in [0.2, 0.25) is 5.15 Å². The lowest BCUT2D eigenvalue weighted by Gasteiger charge is -2.03. The van der Waals surface area contributed by atoms with Crippen molar-refractivity contribution in [3.63, 3.8) is 0 Å². The van der Waals surface area contributed by atoms with Gasteiger partial charge in [0.1, 0.15) is 11.0 Å². The minimum atomic E-state index is 0.485. The van der Waals surface area contributed by atoms with Crippen molar-refractivity contribution < 1.29 is 4.74 Å². The zero-order chi connectivity index (χ0) is 13.7. The lowest BCUT2D eigenvalue weighted by molar-refractivity contribution is 0.133. The van der Waals surface area contributed by atoms with E-state index in [1.165, 1.54) is 0 Å². The predicted molar refractivity (Wildman–Crippen MR) is 74.4 cm³/mol. The third-order valence-electron chi connectivity index (χ3n) is 1.64. The first-order valence-electron chi connectivity index (χ1n) is 6.36. The molecule has 0 saturated carbocycles. The van der Waals surface area contributed by atoms with Crippen molar-refractivity contribution in [2.45, 2.75) is 54.6 Å². The van der Waals surface area contributed by atoms with E-state index >= 15 is 0 Å². The topological polar surface area (TPSA) is 35.0 Å². The normalized spacial score (nSPS) is 8.65. The first-order valence-corrected chi connectivity index (χ1v) is 6.73. The summed E-state index contributed by atoms with van der Waals surface area (Å²) in [6, 6.07) is 0. The monoisotopic (exact) mass is 260 g/mol. The second-order valence-electron chi connectivity index (χ2n) is 2.59. The van der Waals surface area contributed by atoms with Gasteiger partial charge >= 0.3 is 0 Å². The van der Waals surface area contributed by atoms with E-state index in [0.717, 1.165) is 17.8 Å². The molecule has 0 saturated heterocycles. The van der Waals surface area contributed by atoms with Crippen LogP contribution in [0.5, 0.6) is 0 Å². The molecule has 1 aromatic rings. The quantitative estimate of drug-likeness (QED) is 0.758. The van der Waals surface area contributed by atoms with Crippen molar-refractivity contribution in [3.05, 3.63) is 22.7 Å². The molecular weight excluding hydrogens is 236 g/mol. The SMILES string of the molecule is CC.CC.CCOCc1cnc(CC)nc1Cl. The highest BCUT2D eigenvalue weighted by Crippen LogP contribution is 2.12. The summed E-state index contributed by atoms with van der Waals surface area (Å²) in [4.78, 5) is 8.25. The molecule has 0 radical (unpaired) electrons. The Labute approximate surface area is 111 Å². The minimum Gasteiger partial charge on any atom is -0.377 e. The first-order chi connectivity index (χ1) is 8.27. The van der Waals surface area contributed by atoms with Gasteiger partial charge in [0.15, 0.2) is 0 Å². The maximum Gasteiger partial charge on any atom is 0.138 e. The molecule has 0 unspecified atom stereocenters. The molecule has 0 bridgehead atoms. The fourth-order valence-electron chi connectivity index (χ4n) is 0.899. The van der Waals surface area contributed by atoms with Gasteiger partial charge in [-0.2, -0.15) is 0 Å². The summed E-state index contributed by atoms with van der Waals surface area (Å²) in [5.74, 6) is 0.769. The van der Waals surface area contributed by atoms with Gasteiger partial charge in [0, 0.05) is 24.8 Å². The highest BCUT2D eigenvalue weighted by Gasteiger charge is 2.03. The first kappa shape index (κ1) is 18.7. The van der Waals surface area contributed by atoms with Crippen molar-refractivity contribution in [2.75, 3.05) is 6.61 Å². The van der Waals surface area contributed by atoms with Gasteiger partial charge in [-0.05, 0) is 6.92 Å². The third kappa shape index (κ3) is 8.11. The third-order valence-corrected chi connectivity index (χ3v) is 1.97. The molecular formula is C13H25ClN2O. The molecule has 1 heterocycles. The van der Waals surface area contributed by atoms with Gasteiger partial charge in [0.25, 0.3) is 0 Å². The molecule has 0 aliphatic rings. The van der Waals surface area contributed by atoms with Crippen LogP contribution in [0.1, 0.15) is 52.9 Å². The van der Waals surface area contributed by atoms with E-state index < -0.39 is 0 Å². The van der Waals surface area contributed by atoms with Crippen molar-refractivity contribution in [3.8, 4) is 0 Å². The van der Waals surface area contributed by atoms with Crippen molar-refractivity contribution >= 4 is 11.6 Å². The number of nitrogens with zero attached hydrogens (tertiary/aromatic N) is 2. The molecule has 0 spiro atoms. The summed E-state index contributed by atoms with van der Waals surface area (Å²) < 4.78 is 5.21. The Morgan fingerprint density at radius 1 is 1.18 bits per heavy atom. The molecule has 100 valence electrons. The van der Waals surface area contributed by atoms with E-state index in [1.54, 1.807) is 6.20 Å². The lowest BCUT2D eigenvalue weighted by atomic mass is 10.3. The van der Waals surface area contributed by atoms with Crippen LogP contribution in [0.15, 0.2) is 6.20 Å². The fourth-order valence-corrected chi connectivity index (χ4v) is 1.10. The molecule has 4 heteroatoms. The summed E-state index contributed by atoms with van der Waals surface area (Å²) in [5.41, 5.74) is 0.848. The number of hydrogen-bond acceptors (Lipinski definition) is 3. The summed E-state index contributed by atoms with van der Waals surface area (Å²) in [5, 5.41) is 0.500. The van der Waals surface area contributed by atoms with Gasteiger partial charge in [-0.25, -0.2) is 9.97 Å². The molecule has 0 fully saturated rings. The van der Waals surface area contributed by atoms with E-state index in [0.29, 0.717) is 18.4 Å². The molecule has 0 atom stereocenters. The highest BCUT2D eigenvalue weighted by molar-refractivity contribution is 6.30. The van der Waals surface area contributed by atoms with Gasteiger partial charge in [-0.3, -0.25) is 0 Å². The van der Waals surface area contributed by atoms with Crippen molar-refractivity contribution in [1.82, 2.24) is 9.97 Å². The average Bonchev–Trinajstić information content (AvgIpc) is 2.42. The maximum atomic E-state index is 5.91. The van der Waals surface area contributed by atoms with E-state index in [2.05, 4.69) is 9.97 Å². The van der Waals surface area contributed by atoms with Crippen LogP contribution >= 0.6 is 11.6 Å². The Kier molecular flexibility index (Phi) is 14.7. The molecule has 0 N–H and O–H groups in total. The number of aryl methyl sites for hydroxylation is 1. The van der Waals surface area contributed by atoms with E-state index in [1.807, 2.05) is 41.5 Å². The predicted octanol–water partition coefficient (Wildman–Crippen LogP) is 4.28. The van der Waals surface area contributed by atoms with Gasteiger partial charge in [0.2, 0.25) is 0 Å². The largest absolute Gasteiger partial charge is 0.377 e. The number of aromatic nitrogens is 2. The summed E-state index contributed by atoms with van der Waals surface area (Å²) in [7, 11) is 0. The van der Waals surface area contributed by atoms with Crippen LogP contribution in [0.25, 0.3) is 0 Å². The maximum absolute atomic E-state index is 5.91. The Bertz CT molecular complexity index is 280. The molecule has 0 aliphatic heterocycles. The molecule has 1 aromatic heterocycles. The minimum absolute atomic E-state index is 0.485. The smallest absolute Gasteiger partial charge is 0.138 e. The molecule has 17 heavy (non-hydrogen) atoms. The zero-order valence-corrected chi connectivity index (χ0v) is 12.6. The van der Waals surface area contributed by atoms with Gasteiger partial charge in [-0.1, -0.05) is 46.2 Å². The summed E-state index contributed by atoms with van der Waals surface area (Å²) in [6.07, 6.45) is 2.53. The second kappa shape index (κ2) is 13.4. The lowest BCUT2D eigenvalue weighted by Crippen LogP contribution is -1.99. The van der Waals surface area contributed by atoms with Crippen LogP contribution in [-0.2, 0) is 17.8 Å². The molecule has 0 aromatic carbocycles. The number of halogens is 1. The van der Waals surface area contributed by atoms with E-state index in [-0.39, 0.29) is 0 Å². The average molecular weight is 261 g/mol. The molecule has 0 amide bonds. The van der Waals surface area contributed by atoms with Crippen LogP contribution < -0.4 is 0 Å². The van der Waals surface area contributed by atoms with Gasteiger partial charge in [-0.15, -0.1) is 0 Å². The Hall–Kier alpha value is -0.670. The number of rotatable bonds is 4. The molecule has 3 nitrogen and oxygen atoms in total. The number of ether oxygens (including phenoxy) is 1. The second-order valence-corrected chi connectivity index (χ2v) is 2.95. The van der Waals surface area contributed by atoms with Gasteiger partial charge < -0.3 is 4.74 Å². The van der Waals surface area contributed by atoms with E-state index in [4.69, 9.17) is 16.3 Å². The Balaban J connectivity index is 0. The fraction of sp³-hybridized carbons (Fsp3) is 0.692. The highest BCUT2D eigenvalue weighted by atomic mass is 35.5. The van der Waals surface area contributed by atoms with E-state index in [9.17, 15) is 0 Å². The van der Waals surface area contributed by atoms with Crippen LogP contribution in [0.3, 0.4) is 0 Å². The molecule has 1 rings (SSSR count). The Morgan fingerprint density at radius 2 is 1.76 bits per heavy atom. The van der Waals surface area contributed by atoms with Crippen molar-refractivity contribution in [1.29, 1.82) is 0 Å². The van der Waals surface area contributed by atoms with Gasteiger partial charge in [0.05, 0.1) is 6.61 Å². The Morgan fingerprint density at radius 3 is 2.18 bits per heavy atom. The standard InChI is InChI=1S/C9H13ClN2O.2C2H6/c1-3-8-11-5-7(6-13-4-2)9(10)12-8;2*1-2/h5H,3-4,6H2,1-2H3;2*1-2H3. The number of hydrogen-bond donors (Lipinski definition) is 0. The summed E-state index contributed by atoms with van der Waals surface area (Å²) >= 11 is 5.91. The van der Waals surface area contributed by atoms with Crippen LogP contribution in [-0.4, -0.2) is 16.6 Å². The summed E-state index contributed by atoms with van der Waals surface area (Å²) in [6.45, 7) is 13.1.